The van der Waals surface area contributed by atoms with Crippen LogP contribution in [0.1, 0.15) is 27.8 Å². The molecule has 0 spiro atoms. The number of pyridine rings is 1. The number of nitrogens with zero attached hydrogens (tertiary/aromatic N) is 3. The molecule has 0 fully saturated rings. The number of aryl methyl sites for hydroxylation is 1. The van der Waals surface area contributed by atoms with Crippen LogP contribution in [0, 0.1) is 6.92 Å². The van der Waals surface area contributed by atoms with Crippen molar-refractivity contribution in [2.24, 2.45) is 0 Å². The lowest BCUT2D eigenvalue weighted by Crippen LogP contribution is -2.35. The van der Waals surface area contributed by atoms with E-state index in [1.165, 1.54) is 5.56 Å². The molecule has 0 bridgehead atoms. The van der Waals surface area contributed by atoms with Crippen molar-refractivity contribution in [3.05, 3.63) is 59.7 Å². The van der Waals surface area contributed by atoms with Gasteiger partial charge in [0, 0.05) is 24.5 Å². The molecule has 1 aliphatic rings. The molecule has 1 aromatic carbocycles. The monoisotopic (exact) mass is 322 g/mol. The third kappa shape index (κ3) is 2.65. The molecule has 1 aliphatic heterocycles. The van der Waals surface area contributed by atoms with Crippen molar-refractivity contribution in [1.29, 1.82) is 0 Å². The number of benzene rings is 1. The number of rotatable bonds is 3. The van der Waals surface area contributed by atoms with E-state index in [0.29, 0.717) is 25.3 Å². The molecule has 6 heteroatoms. The van der Waals surface area contributed by atoms with E-state index in [-0.39, 0.29) is 11.9 Å². The molecular formula is C18H18N4O2. The van der Waals surface area contributed by atoms with E-state index in [0.717, 1.165) is 16.9 Å². The summed E-state index contributed by atoms with van der Waals surface area (Å²) in [5.41, 5.74) is 3.85. The lowest BCUT2D eigenvalue weighted by Gasteiger charge is -2.26. The summed E-state index contributed by atoms with van der Waals surface area (Å²) >= 11 is 0. The number of fused-ring (bicyclic) bond motifs is 3. The molecule has 1 unspecified atom stereocenters. The van der Waals surface area contributed by atoms with E-state index in [1.807, 2.05) is 6.07 Å². The fourth-order valence-corrected chi connectivity index (χ4v) is 3.09. The average Bonchev–Trinajstić information content (AvgIpc) is 2.99. The first-order valence-electron chi connectivity index (χ1n) is 7.96. The topological polar surface area (TPSA) is 69.0 Å². The second kappa shape index (κ2) is 6.05. The molecule has 6 nitrogen and oxygen atoms in total. The van der Waals surface area contributed by atoms with Crippen LogP contribution in [-0.2, 0) is 11.3 Å². The number of imidazole rings is 1. The SMILES string of the molecule is Cc1ccc2nc3n(c2c1)C(CNC(=O)c1ccncc1)COC3. The molecule has 1 atom stereocenters. The Balaban J connectivity index is 1.59. The zero-order valence-corrected chi connectivity index (χ0v) is 13.4. The van der Waals surface area contributed by atoms with Gasteiger partial charge in [-0.05, 0) is 36.8 Å². The average molecular weight is 322 g/mol. The Morgan fingerprint density at radius 1 is 1.33 bits per heavy atom. The van der Waals surface area contributed by atoms with Gasteiger partial charge in [-0.3, -0.25) is 9.78 Å². The normalized spacial score (nSPS) is 16.8. The molecule has 24 heavy (non-hydrogen) atoms. The maximum absolute atomic E-state index is 12.3. The highest BCUT2D eigenvalue weighted by Crippen LogP contribution is 2.26. The van der Waals surface area contributed by atoms with E-state index in [1.54, 1.807) is 24.5 Å². The minimum Gasteiger partial charge on any atom is -0.371 e. The Morgan fingerprint density at radius 3 is 3.00 bits per heavy atom. The van der Waals surface area contributed by atoms with E-state index in [9.17, 15) is 4.79 Å². The largest absolute Gasteiger partial charge is 0.371 e. The number of nitrogens with one attached hydrogen (secondary N) is 1. The Bertz CT molecular complexity index is 889. The highest BCUT2D eigenvalue weighted by molar-refractivity contribution is 5.94. The number of amides is 1. The summed E-state index contributed by atoms with van der Waals surface area (Å²) in [4.78, 5) is 20.8. The van der Waals surface area contributed by atoms with Crippen LogP contribution in [0.25, 0.3) is 11.0 Å². The van der Waals surface area contributed by atoms with Crippen molar-refractivity contribution < 1.29 is 9.53 Å². The molecule has 0 saturated carbocycles. The highest BCUT2D eigenvalue weighted by atomic mass is 16.5. The quantitative estimate of drug-likeness (QED) is 0.803. The van der Waals surface area contributed by atoms with Crippen molar-refractivity contribution in [2.75, 3.05) is 13.2 Å². The van der Waals surface area contributed by atoms with Crippen LogP contribution >= 0.6 is 0 Å². The predicted molar refractivity (Wildman–Crippen MR) is 89.7 cm³/mol. The lowest BCUT2D eigenvalue weighted by atomic mass is 10.2. The van der Waals surface area contributed by atoms with Gasteiger partial charge in [0.05, 0.1) is 23.7 Å². The molecule has 1 amide bonds. The molecular weight excluding hydrogens is 304 g/mol. The van der Waals surface area contributed by atoms with Gasteiger partial charge in [-0.2, -0.15) is 0 Å². The summed E-state index contributed by atoms with van der Waals surface area (Å²) in [5, 5.41) is 2.98. The highest BCUT2D eigenvalue weighted by Gasteiger charge is 2.24. The molecule has 4 rings (SSSR count). The van der Waals surface area contributed by atoms with Crippen LogP contribution in [0.4, 0.5) is 0 Å². The van der Waals surface area contributed by atoms with Gasteiger partial charge < -0.3 is 14.6 Å². The van der Waals surface area contributed by atoms with Gasteiger partial charge in [-0.25, -0.2) is 4.98 Å². The summed E-state index contributed by atoms with van der Waals surface area (Å²) in [6.45, 7) is 3.62. The second-order valence-electron chi connectivity index (χ2n) is 6.01. The van der Waals surface area contributed by atoms with Gasteiger partial charge in [0.1, 0.15) is 12.4 Å². The van der Waals surface area contributed by atoms with Crippen LogP contribution in [0.3, 0.4) is 0 Å². The summed E-state index contributed by atoms with van der Waals surface area (Å²) in [7, 11) is 0. The third-order valence-corrected chi connectivity index (χ3v) is 4.27. The first kappa shape index (κ1) is 14.8. The van der Waals surface area contributed by atoms with Gasteiger partial charge in [0.2, 0.25) is 0 Å². The summed E-state index contributed by atoms with van der Waals surface area (Å²) in [6.07, 6.45) is 3.23. The standard InChI is InChI=1S/C18H18N4O2/c1-12-2-3-15-16(8-12)22-14(10-24-11-17(22)21-15)9-20-18(23)13-4-6-19-7-5-13/h2-8,14H,9-11H2,1H3,(H,20,23). The minimum atomic E-state index is -0.106. The smallest absolute Gasteiger partial charge is 0.251 e. The molecule has 3 heterocycles. The number of hydrogen-bond donors (Lipinski definition) is 1. The van der Waals surface area contributed by atoms with Crippen LogP contribution in [0.2, 0.25) is 0 Å². The van der Waals surface area contributed by atoms with Gasteiger partial charge in [-0.1, -0.05) is 6.07 Å². The van der Waals surface area contributed by atoms with Crippen LogP contribution in [-0.4, -0.2) is 33.6 Å². The van der Waals surface area contributed by atoms with Crippen LogP contribution < -0.4 is 5.32 Å². The number of hydrogen-bond acceptors (Lipinski definition) is 4. The Kier molecular flexibility index (Phi) is 3.74. The molecule has 3 aromatic rings. The fraction of sp³-hybridized carbons (Fsp3) is 0.278. The van der Waals surface area contributed by atoms with Crippen molar-refractivity contribution in [3.8, 4) is 0 Å². The van der Waals surface area contributed by atoms with Crippen molar-refractivity contribution in [1.82, 2.24) is 19.9 Å². The first-order valence-corrected chi connectivity index (χ1v) is 7.96. The molecule has 0 saturated heterocycles. The second-order valence-corrected chi connectivity index (χ2v) is 6.01. The fourth-order valence-electron chi connectivity index (χ4n) is 3.09. The Morgan fingerprint density at radius 2 is 2.17 bits per heavy atom. The van der Waals surface area contributed by atoms with E-state index in [2.05, 4.69) is 38.9 Å². The van der Waals surface area contributed by atoms with Crippen molar-refractivity contribution in [2.45, 2.75) is 19.6 Å². The predicted octanol–water partition coefficient (Wildman–Crippen LogP) is 2.24. The van der Waals surface area contributed by atoms with E-state index >= 15 is 0 Å². The zero-order valence-electron chi connectivity index (χ0n) is 13.4. The zero-order chi connectivity index (χ0) is 16.5. The summed E-state index contributed by atoms with van der Waals surface area (Å²) in [6, 6.07) is 9.66. The number of ether oxygens (including phenoxy) is 1. The van der Waals surface area contributed by atoms with Gasteiger partial charge in [0.25, 0.3) is 5.91 Å². The molecule has 122 valence electrons. The van der Waals surface area contributed by atoms with Crippen LogP contribution in [0.15, 0.2) is 42.7 Å². The maximum Gasteiger partial charge on any atom is 0.251 e. The lowest BCUT2D eigenvalue weighted by molar-refractivity contribution is 0.0553. The molecule has 0 radical (unpaired) electrons. The molecule has 0 aliphatic carbocycles. The van der Waals surface area contributed by atoms with Gasteiger partial charge >= 0.3 is 0 Å². The first-order chi connectivity index (χ1) is 11.7. The van der Waals surface area contributed by atoms with Crippen molar-refractivity contribution >= 4 is 16.9 Å². The number of aromatic nitrogens is 3. The maximum atomic E-state index is 12.3. The molecule has 2 aromatic heterocycles. The Labute approximate surface area is 139 Å². The number of carbonyl (C=O) groups is 1. The van der Waals surface area contributed by atoms with Crippen molar-refractivity contribution in [3.63, 3.8) is 0 Å². The summed E-state index contributed by atoms with van der Waals surface area (Å²) < 4.78 is 7.85. The third-order valence-electron chi connectivity index (χ3n) is 4.27. The van der Waals surface area contributed by atoms with E-state index in [4.69, 9.17) is 4.74 Å². The van der Waals surface area contributed by atoms with Gasteiger partial charge in [-0.15, -0.1) is 0 Å². The molecule has 1 N–H and O–H groups in total. The Hall–Kier alpha value is -2.73. The minimum absolute atomic E-state index is 0.0336. The van der Waals surface area contributed by atoms with E-state index < -0.39 is 0 Å². The van der Waals surface area contributed by atoms with Gasteiger partial charge in [0.15, 0.2) is 0 Å². The number of carbonyl (C=O) groups excluding carboxylic acids is 1. The summed E-state index contributed by atoms with van der Waals surface area (Å²) in [5.74, 6) is 0.801. The van der Waals surface area contributed by atoms with Crippen LogP contribution in [0.5, 0.6) is 0 Å².